The Morgan fingerprint density at radius 1 is 1.35 bits per heavy atom. The van der Waals surface area contributed by atoms with Gasteiger partial charge in [-0.1, -0.05) is 29.3 Å². The summed E-state index contributed by atoms with van der Waals surface area (Å²) in [4.78, 5) is 0. The van der Waals surface area contributed by atoms with Crippen LogP contribution in [0, 0.1) is 0 Å². The number of hydrogen-bond donors (Lipinski definition) is 1. The van der Waals surface area contributed by atoms with Gasteiger partial charge in [0.25, 0.3) is 0 Å². The fourth-order valence-corrected chi connectivity index (χ4v) is 3.10. The standard InChI is InChI=1S/C14H16BrCl2N3/c1-3-20-14(10(15)8-19-20)13(18-2)7-9-4-5-11(16)12(17)6-9/h4-6,8,13,18H,3,7H2,1-2H3. The Morgan fingerprint density at radius 2 is 2.10 bits per heavy atom. The first-order valence-electron chi connectivity index (χ1n) is 6.39. The summed E-state index contributed by atoms with van der Waals surface area (Å²) in [6.07, 6.45) is 2.65. The Labute approximate surface area is 137 Å². The molecule has 1 aromatic carbocycles. The highest BCUT2D eigenvalue weighted by atomic mass is 79.9. The van der Waals surface area contributed by atoms with Crippen LogP contribution in [-0.4, -0.2) is 16.8 Å². The molecule has 0 saturated heterocycles. The third kappa shape index (κ3) is 3.37. The zero-order valence-corrected chi connectivity index (χ0v) is 14.4. The molecule has 1 heterocycles. The third-order valence-corrected chi connectivity index (χ3v) is 4.59. The van der Waals surface area contributed by atoms with E-state index in [0.29, 0.717) is 10.0 Å². The van der Waals surface area contributed by atoms with Crippen molar-refractivity contribution in [2.24, 2.45) is 0 Å². The van der Waals surface area contributed by atoms with E-state index in [1.165, 1.54) is 0 Å². The highest BCUT2D eigenvalue weighted by Gasteiger charge is 2.18. The van der Waals surface area contributed by atoms with Crippen molar-refractivity contribution < 1.29 is 0 Å². The van der Waals surface area contributed by atoms with Gasteiger partial charge in [-0.25, -0.2) is 0 Å². The Balaban J connectivity index is 2.28. The molecule has 1 N–H and O–H groups in total. The van der Waals surface area contributed by atoms with Crippen molar-refractivity contribution in [1.82, 2.24) is 15.1 Å². The molecule has 0 aliphatic heterocycles. The minimum absolute atomic E-state index is 0.157. The van der Waals surface area contributed by atoms with Crippen molar-refractivity contribution in [3.63, 3.8) is 0 Å². The lowest BCUT2D eigenvalue weighted by Crippen LogP contribution is -2.22. The Morgan fingerprint density at radius 3 is 2.70 bits per heavy atom. The maximum atomic E-state index is 6.08. The van der Waals surface area contributed by atoms with Crippen molar-refractivity contribution in [2.45, 2.75) is 25.9 Å². The normalized spacial score (nSPS) is 12.7. The van der Waals surface area contributed by atoms with Crippen LogP contribution in [-0.2, 0) is 13.0 Å². The molecule has 0 bridgehead atoms. The molecule has 1 unspecified atom stereocenters. The van der Waals surface area contributed by atoms with E-state index in [1.54, 1.807) is 0 Å². The molecule has 20 heavy (non-hydrogen) atoms. The number of nitrogens with one attached hydrogen (secondary N) is 1. The summed E-state index contributed by atoms with van der Waals surface area (Å²) < 4.78 is 3.00. The number of hydrogen-bond acceptors (Lipinski definition) is 2. The van der Waals surface area contributed by atoms with E-state index in [2.05, 4.69) is 33.3 Å². The van der Waals surface area contributed by atoms with E-state index in [0.717, 1.165) is 28.7 Å². The van der Waals surface area contributed by atoms with Gasteiger partial charge in [0.2, 0.25) is 0 Å². The van der Waals surface area contributed by atoms with Gasteiger partial charge in [-0.3, -0.25) is 4.68 Å². The van der Waals surface area contributed by atoms with E-state index in [4.69, 9.17) is 23.2 Å². The van der Waals surface area contributed by atoms with E-state index in [9.17, 15) is 0 Å². The molecule has 2 aromatic rings. The monoisotopic (exact) mass is 375 g/mol. The maximum absolute atomic E-state index is 6.08. The van der Waals surface area contributed by atoms with E-state index < -0.39 is 0 Å². The molecule has 2 rings (SSSR count). The van der Waals surface area contributed by atoms with Crippen molar-refractivity contribution in [2.75, 3.05) is 7.05 Å². The van der Waals surface area contributed by atoms with Crippen LogP contribution in [0.25, 0.3) is 0 Å². The maximum Gasteiger partial charge on any atom is 0.0698 e. The summed E-state index contributed by atoms with van der Waals surface area (Å²) in [6, 6.07) is 5.90. The van der Waals surface area contributed by atoms with Crippen LogP contribution in [0.2, 0.25) is 10.0 Å². The fourth-order valence-electron chi connectivity index (χ4n) is 2.21. The van der Waals surface area contributed by atoms with Crippen LogP contribution in [0.5, 0.6) is 0 Å². The molecule has 3 nitrogen and oxygen atoms in total. The zero-order chi connectivity index (χ0) is 14.7. The smallest absolute Gasteiger partial charge is 0.0698 e. The first-order valence-corrected chi connectivity index (χ1v) is 7.94. The minimum Gasteiger partial charge on any atom is -0.311 e. The molecule has 0 aliphatic rings. The molecule has 0 radical (unpaired) electrons. The number of aromatic nitrogens is 2. The molecule has 0 saturated carbocycles. The summed E-state index contributed by atoms with van der Waals surface area (Å²) >= 11 is 15.6. The zero-order valence-electron chi connectivity index (χ0n) is 11.3. The third-order valence-electron chi connectivity index (χ3n) is 3.24. The molecule has 0 spiro atoms. The molecule has 108 valence electrons. The number of aryl methyl sites for hydroxylation is 1. The van der Waals surface area contributed by atoms with E-state index >= 15 is 0 Å². The van der Waals surface area contributed by atoms with E-state index in [-0.39, 0.29) is 6.04 Å². The van der Waals surface area contributed by atoms with Crippen molar-refractivity contribution >= 4 is 39.1 Å². The molecular formula is C14H16BrCl2N3. The lowest BCUT2D eigenvalue weighted by Gasteiger charge is -2.18. The van der Waals surface area contributed by atoms with Gasteiger partial charge in [0, 0.05) is 6.54 Å². The number of rotatable bonds is 5. The molecule has 0 amide bonds. The number of benzene rings is 1. The van der Waals surface area contributed by atoms with Crippen molar-refractivity contribution in [1.29, 1.82) is 0 Å². The average Bonchev–Trinajstić information content (AvgIpc) is 2.81. The second-order valence-electron chi connectivity index (χ2n) is 4.49. The molecule has 6 heteroatoms. The van der Waals surface area contributed by atoms with Crippen LogP contribution >= 0.6 is 39.1 Å². The highest BCUT2D eigenvalue weighted by molar-refractivity contribution is 9.10. The summed E-state index contributed by atoms with van der Waals surface area (Å²) in [5.74, 6) is 0. The van der Waals surface area contributed by atoms with Crippen LogP contribution in [0.1, 0.15) is 24.2 Å². The first kappa shape index (κ1) is 15.8. The quantitative estimate of drug-likeness (QED) is 0.833. The van der Waals surface area contributed by atoms with Crippen LogP contribution < -0.4 is 5.32 Å². The van der Waals surface area contributed by atoms with Crippen molar-refractivity contribution in [3.05, 3.63) is 50.2 Å². The van der Waals surface area contributed by atoms with Crippen molar-refractivity contribution in [3.8, 4) is 0 Å². The van der Waals surface area contributed by atoms with Gasteiger partial charge in [-0.15, -0.1) is 0 Å². The lowest BCUT2D eigenvalue weighted by atomic mass is 10.0. The highest BCUT2D eigenvalue weighted by Crippen LogP contribution is 2.28. The first-order chi connectivity index (χ1) is 9.56. The van der Waals surface area contributed by atoms with E-state index in [1.807, 2.05) is 36.1 Å². The summed E-state index contributed by atoms with van der Waals surface area (Å²) in [7, 11) is 1.95. The van der Waals surface area contributed by atoms with Gasteiger partial charge in [0.05, 0.1) is 32.5 Å². The topological polar surface area (TPSA) is 29.9 Å². The summed E-state index contributed by atoms with van der Waals surface area (Å²) in [6.45, 7) is 2.91. The Bertz CT molecular complexity index is 598. The second-order valence-corrected chi connectivity index (χ2v) is 6.16. The molecule has 1 aromatic heterocycles. The Hall–Kier alpha value is -0.550. The predicted molar refractivity (Wildman–Crippen MR) is 87.6 cm³/mol. The van der Waals surface area contributed by atoms with Crippen LogP contribution in [0.4, 0.5) is 0 Å². The predicted octanol–water partition coefficient (Wildman–Crippen LogP) is 4.48. The van der Waals surface area contributed by atoms with Gasteiger partial charge in [-0.2, -0.15) is 5.10 Å². The van der Waals surface area contributed by atoms with Gasteiger partial charge < -0.3 is 5.32 Å². The molecular weight excluding hydrogens is 361 g/mol. The van der Waals surface area contributed by atoms with Gasteiger partial charge in [0.1, 0.15) is 0 Å². The number of nitrogens with zero attached hydrogens (tertiary/aromatic N) is 2. The largest absolute Gasteiger partial charge is 0.311 e. The lowest BCUT2D eigenvalue weighted by molar-refractivity contribution is 0.511. The fraction of sp³-hybridized carbons (Fsp3) is 0.357. The number of halogens is 3. The van der Waals surface area contributed by atoms with Gasteiger partial charge >= 0.3 is 0 Å². The molecule has 1 atom stereocenters. The SMILES string of the molecule is CCn1ncc(Br)c1C(Cc1ccc(Cl)c(Cl)c1)NC. The minimum atomic E-state index is 0.157. The number of likely N-dealkylation sites (N-methyl/N-ethyl adjacent to an activating group) is 1. The average molecular weight is 377 g/mol. The second kappa shape index (κ2) is 6.94. The van der Waals surface area contributed by atoms with Gasteiger partial charge in [-0.05, 0) is 54.0 Å². The van der Waals surface area contributed by atoms with Gasteiger partial charge in [0.15, 0.2) is 0 Å². The Kier molecular flexibility index (Phi) is 5.49. The van der Waals surface area contributed by atoms with Crippen LogP contribution in [0.3, 0.4) is 0 Å². The molecule has 0 aliphatic carbocycles. The summed E-state index contributed by atoms with van der Waals surface area (Å²) in [5, 5.41) is 8.86. The summed E-state index contributed by atoms with van der Waals surface area (Å²) in [5.41, 5.74) is 2.27. The molecule has 0 fully saturated rings. The van der Waals surface area contributed by atoms with Crippen LogP contribution in [0.15, 0.2) is 28.9 Å².